The lowest BCUT2D eigenvalue weighted by molar-refractivity contribution is 0.249. The summed E-state index contributed by atoms with van der Waals surface area (Å²) in [5, 5.41) is 9.90. The number of rotatable bonds is 9. The molecule has 1 fully saturated rings. The highest BCUT2D eigenvalue weighted by atomic mass is 16.6. The van der Waals surface area contributed by atoms with Gasteiger partial charge < -0.3 is 23.9 Å². The molecule has 0 aliphatic carbocycles. The van der Waals surface area contributed by atoms with E-state index in [1.807, 2.05) is 31.3 Å². The van der Waals surface area contributed by atoms with Gasteiger partial charge in [0.05, 0.1) is 26.4 Å². The molecule has 2 atom stereocenters. The van der Waals surface area contributed by atoms with E-state index in [0.29, 0.717) is 31.0 Å². The molecule has 0 saturated carbocycles. The number of aromatic nitrogens is 1. The fourth-order valence-corrected chi connectivity index (χ4v) is 3.27. The number of hydrogen-bond acceptors (Lipinski definition) is 6. The smallest absolute Gasteiger partial charge is 0.457 e. The van der Waals surface area contributed by atoms with Crippen LogP contribution in [0.3, 0.4) is 0 Å². The van der Waals surface area contributed by atoms with E-state index in [0.717, 1.165) is 23.1 Å². The van der Waals surface area contributed by atoms with E-state index in [4.69, 9.17) is 18.8 Å². The Morgan fingerprint density at radius 1 is 1.25 bits per heavy atom. The SMILES string of the molecule is CCCOc1cc(-c2cncc([C@H](CO)CB3OCC(C)O3)c2)ccc1OC. The van der Waals surface area contributed by atoms with Crippen molar-refractivity contribution >= 4 is 7.12 Å². The summed E-state index contributed by atoms with van der Waals surface area (Å²) in [4.78, 5) is 4.39. The highest BCUT2D eigenvalue weighted by molar-refractivity contribution is 6.45. The molecular formula is C21H28BNO5. The zero-order valence-electron chi connectivity index (χ0n) is 16.8. The molecule has 1 aliphatic heterocycles. The van der Waals surface area contributed by atoms with Crippen LogP contribution in [-0.2, 0) is 9.31 Å². The van der Waals surface area contributed by atoms with E-state index in [9.17, 15) is 5.11 Å². The van der Waals surface area contributed by atoms with Crippen LogP contribution in [0.25, 0.3) is 11.1 Å². The summed E-state index contributed by atoms with van der Waals surface area (Å²) in [6, 6.07) is 7.90. The molecule has 0 spiro atoms. The predicted molar refractivity (Wildman–Crippen MR) is 109 cm³/mol. The fourth-order valence-electron chi connectivity index (χ4n) is 3.27. The van der Waals surface area contributed by atoms with Crippen molar-refractivity contribution in [2.75, 3.05) is 26.9 Å². The maximum atomic E-state index is 9.90. The molecule has 1 N–H and O–H groups in total. The van der Waals surface area contributed by atoms with Crippen LogP contribution in [0.15, 0.2) is 36.7 Å². The average molecular weight is 385 g/mol. The molecule has 1 saturated heterocycles. The molecule has 28 heavy (non-hydrogen) atoms. The minimum atomic E-state index is -0.286. The van der Waals surface area contributed by atoms with Crippen LogP contribution in [0.2, 0.25) is 6.32 Å². The van der Waals surface area contributed by atoms with Crippen molar-refractivity contribution in [3.05, 3.63) is 42.2 Å². The molecule has 150 valence electrons. The van der Waals surface area contributed by atoms with Crippen molar-refractivity contribution in [3.8, 4) is 22.6 Å². The average Bonchev–Trinajstić information content (AvgIpc) is 3.15. The van der Waals surface area contributed by atoms with Gasteiger partial charge in [0.2, 0.25) is 0 Å². The van der Waals surface area contributed by atoms with Crippen molar-refractivity contribution in [2.24, 2.45) is 0 Å². The number of ether oxygens (including phenoxy) is 2. The van der Waals surface area contributed by atoms with Gasteiger partial charge in [-0.1, -0.05) is 13.0 Å². The Labute approximate surface area is 166 Å². The molecule has 1 aromatic carbocycles. The highest BCUT2D eigenvalue weighted by Crippen LogP contribution is 2.34. The van der Waals surface area contributed by atoms with Gasteiger partial charge in [-0.3, -0.25) is 4.98 Å². The van der Waals surface area contributed by atoms with E-state index >= 15 is 0 Å². The van der Waals surface area contributed by atoms with Gasteiger partial charge in [-0.05, 0) is 49.0 Å². The second-order valence-corrected chi connectivity index (χ2v) is 7.05. The molecule has 2 heterocycles. The zero-order valence-corrected chi connectivity index (χ0v) is 16.8. The maximum Gasteiger partial charge on any atom is 0.457 e. The number of benzene rings is 1. The predicted octanol–water partition coefficient (Wildman–Crippen LogP) is 3.55. The molecule has 2 aromatic rings. The van der Waals surface area contributed by atoms with Crippen LogP contribution in [0.1, 0.15) is 31.7 Å². The number of aliphatic hydroxyl groups is 1. The number of hydrogen-bond donors (Lipinski definition) is 1. The van der Waals surface area contributed by atoms with E-state index in [1.165, 1.54) is 0 Å². The molecule has 7 heteroatoms. The third-order valence-electron chi connectivity index (χ3n) is 4.79. The first kappa shape index (κ1) is 20.6. The largest absolute Gasteiger partial charge is 0.493 e. The van der Waals surface area contributed by atoms with E-state index in [-0.39, 0.29) is 25.7 Å². The van der Waals surface area contributed by atoms with Gasteiger partial charge in [0.1, 0.15) is 0 Å². The van der Waals surface area contributed by atoms with E-state index in [1.54, 1.807) is 13.3 Å². The lowest BCUT2D eigenvalue weighted by Gasteiger charge is -2.17. The molecule has 0 bridgehead atoms. The van der Waals surface area contributed by atoms with Crippen molar-refractivity contribution < 1.29 is 23.9 Å². The topological polar surface area (TPSA) is 70.0 Å². The van der Waals surface area contributed by atoms with Gasteiger partial charge in [-0.2, -0.15) is 0 Å². The van der Waals surface area contributed by atoms with Gasteiger partial charge in [0, 0.05) is 30.5 Å². The number of pyridine rings is 1. The van der Waals surface area contributed by atoms with Gasteiger partial charge in [-0.15, -0.1) is 0 Å². The first-order valence-corrected chi connectivity index (χ1v) is 9.78. The quantitative estimate of drug-likeness (QED) is 0.666. The van der Waals surface area contributed by atoms with Crippen molar-refractivity contribution in [1.82, 2.24) is 4.98 Å². The van der Waals surface area contributed by atoms with Crippen molar-refractivity contribution in [1.29, 1.82) is 0 Å². The standard InChI is InChI=1S/C21H28BNO5/c1-4-7-26-21-9-16(5-6-20(21)25-3)17-8-18(12-23-11-17)19(13-24)10-22-27-14-15(2)28-22/h5-6,8-9,11-12,15,19,24H,4,7,10,13-14H2,1-3H3/t15?,19-/m0/s1. The molecule has 3 rings (SSSR count). The van der Waals surface area contributed by atoms with Gasteiger partial charge in [0.15, 0.2) is 11.5 Å². The summed E-state index contributed by atoms with van der Waals surface area (Å²) in [7, 11) is 1.35. The molecule has 0 amide bonds. The first-order valence-electron chi connectivity index (χ1n) is 9.78. The second-order valence-electron chi connectivity index (χ2n) is 7.05. The van der Waals surface area contributed by atoms with E-state index < -0.39 is 0 Å². The lowest BCUT2D eigenvalue weighted by atomic mass is 9.75. The van der Waals surface area contributed by atoms with E-state index in [2.05, 4.69) is 18.0 Å². The Morgan fingerprint density at radius 3 is 2.79 bits per heavy atom. The van der Waals surface area contributed by atoms with Crippen molar-refractivity contribution in [2.45, 2.75) is 38.6 Å². The first-order chi connectivity index (χ1) is 13.6. The summed E-state index contributed by atoms with van der Waals surface area (Å²) < 4.78 is 22.6. The Balaban J connectivity index is 1.81. The summed E-state index contributed by atoms with van der Waals surface area (Å²) in [6.45, 7) is 5.28. The van der Waals surface area contributed by atoms with Crippen LogP contribution in [-0.4, -0.2) is 50.2 Å². The van der Waals surface area contributed by atoms with Crippen LogP contribution < -0.4 is 9.47 Å². The zero-order chi connectivity index (χ0) is 19.9. The Kier molecular flexibility index (Phi) is 7.31. The normalized spacial score (nSPS) is 17.6. The van der Waals surface area contributed by atoms with Gasteiger partial charge in [0.25, 0.3) is 0 Å². The minimum absolute atomic E-state index is 0.0101. The molecule has 1 aromatic heterocycles. The summed E-state index contributed by atoms with van der Waals surface area (Å²) in [5.41, 5.74) is 2.90. The number of nitrogens with zero attached hydrogens (tertiary/aromatic N) is 1. The highest BCUT2D eigenvalue weighted by Gasteiger charge is 2.32. The minimum Gasteiger partial charge on any atom is -0.493 e. The summed E-state index contributed by atoms with van der Waals surface area (Å²) in [6.07, 6.45) is 5.22. The monoisotopic (exact) mass is 385 g/mol. The molecule has 1 unspecified atom stereocenters. The van der Waals surface area contributed by atoms with Crippen LogP contribution in [0.5, 0.6) is 11.5 Å². The maximum absolute atomic E-state index is 9.90. The van der Waals surface area contributed by atoms with Gasteiger partial charge in [-0.25, -0.2) is 0 Å². The molecule has 6 nitrogen and oxygen atoms in total. The Hall–Kier alpha value is -2.09. The third kappa shape index (κ3) is 5.04. The Morgan fingerprint density at radius 2 is 2.11 bits per heavy atom. The lowest BCUT2D eigenvalue weighted by Crippen LogP contribution is -2.20. The Bertz CT molecular complexity index is 772. The van der Waals surface area contributed by atoms with Crippen LogP contribution in [0, 0.1) is 0 Å². The third-order valence-corrected chi connectivity index (χ3v) is 4.79. The summed E-state index contributed by atoms with van der Waals surface area (Å²) >= 11 is 0. The molecule has 0 radical (unpaired) electrons. The second kappa shape index (κ2) is 9.91. The van der Waals surface area contributed by atoms with Gasteiger partial charge >= 0.3 is 7.12 Å². The molecular weight excluding hydrogens is 357 g/mol. The number of methoxy groups -OCH3 is 1. The number of aliphatic hydroxyl groups excluding tert-OH is 1. The van der Waals surface area contributed by atoms with Crippen LogP contribution in [0.4, 0.5) is 0 Å². The van der Waals surface area contributed by atoms with Crippen LogP contribution >= 0.6 is 0 Å². The fraction of sp³-hybridized carbons (Fsp3) is 0.476. The summed E-state index contributed by atoms with van der Waals surface area (Å²) in [5.74, 6) is 1.32. The molecule has 1 aliphatic rings. The van der Waals surface area contributed by atoms with Crippen molar-refractivity contribution in [3.63, 3.8) is 0 Å².